The number of carbonyl (C=O) groups excluding carboxylic acids is 1. The van der Waals surface area contributed by atoms with Crippen molar-refractivity contribution in [3.05, 3.63) is 29.8 Å². The Balaban J connectivity index is 2.33. The molecule has 9 heteroatoms. The van der Waals surface area contributed by atoms with Crippen LogP contribution in [0.1, 0.15) is 5.56 Å². The molecule has 1 rings (SSSR count). The third-order valence-corrected chi connectivity index (χ3v) is 3.66. The minimum absolute atomic E-state index is 0.0447. The van der Waals surface area contributed by atoms with E-state index < -0.39 is 17.7 Å². The number of thioether (sulfide) groups is 1. The lowest BCUT2D eigenvalue weighted by Gasteiger charge is -2.17. The summed E-state index contributed by atoms with van der Waals surface area (Å²) in [4.78, 5) is 23.4. The third kappa shape index (κ3) is 7.27. The fourth-order valence-electron chi connectivity index (χ4n) is 1.50. The van der Waals surface area contributed by atoms with Crippen molar-refractivity contribution in [3.63, 3.8) is 0 Å². The van der Waals surface area contributed by atoms with Gasteiger partial charge in [-0.25, -0.2) is 0 Å². The van der Waals surface area contributed by atoms with E-state index in [0.717, 1.165) is 23.9 Å². The van der Waals surface area contributed by atoms with Crippen LogP contribution in [-0.2, 0) is 15.8 Å². The molecule has 0 aliphatic heterocycles. The van der Waals surface area contributed by atoms with Gasteiger partial charge >= 0.3 is 12.1 Å². The first kappa shape index (κ1) is 19.1. The van der Waals surface area contributed by atoms with Crippen LogP contribution in [0.4, 0.5) is 13.2 Å². The number of carboxylic acid groups (broad SMARTS) is 1. The van der Waals surface area contributed by atoms with Crippen LogP contribution in [0, 0.1) is 0 Å². The van der Waals surface area contributed by atoms with E-state index >= 15 is 0 Å². The van der Waals surface area contributed by atoms with Gasteiger partial charge in [0.05, 0.1) is 23.6 Å². The quantitative estimate of drug-likeness (QED) is 0.779. The molecule has 128 valence electrons. The van der Waals surface area contributed by atoms with Gasteiger partial charge in [0.2, 0.25) is 5.91 Å². The van der Waals surface area contributed by atoms with Gasteiger partial charge in [-0.1, -0.05) is 0 Å². The maximum Gasteiger partial charge on any atom is 0.416 e. The number of alkyl halides is 3. The summed E-state index contributed by atoms with van der Waals surface area (Å²) < 4.78 is 42.5. The zero-order valence-electron chi connectivity index (χ0n) is 12.3. The van der Waals surface area contributed by atoms with Gasteiger partial charge in [-0.3, -0.25) is 9.59 Å². The maximum atomic E-state index is 12.4. The molecule has 0 bridgehead atoms. The Morgan fingerprint density at radius 1 is 1.22 bits per heavy atom. The average molecular weight is 351 g/mol. The monoisotopic (exact) mass is 351 g/mol. The van der Waals surface area contributed by atoms with E-state index in [9.17, 15) is 22.8 Å². The molecular formula is C14H16F3NO4S. The third-order valence-electron chi connectivity index (χ3n) is 2.75. The molecule has 23 heavy (non-hydrogen) atoms. The number of amides is 1. The highest BCUT2D eigenvalue weighted by atomic mass is 32.2. The standard InChI is InChI=1S/C14H16F3NO4S/c1-18(12(19)8-23-9-13(20)21)6-7-22-11-4-2-10(3-5-11)14(15,16)17/h2-5H,6-9H2,1H3,(H,20,21). The van der Waals surface area contributed by atoms with Crippen molar-refractivity contribution >= 4 is 23.6 Å². The molecule has 1 N–H and O–H groups in total. The number of hydrogen-bond donors (Lipinski definition) is 1. The molecule has 0 aromatic heterocycles. The summed E-state index contributed by atoms with van der Waals surface area (Å²) in [6.07, 6.45) is -4.39. The van der Waals surface area contributed by atoms with Crippen molar-refractivity contribution < 1.29 is 32.6 Å². The Morgan fingerprint density at radius 2 is 1.83 bits per heavy atom. The number of ether oxygens (including phenoxy) is 1. The number of nitrogens with zero attached hydrogens (tertiary/aromatic N) is 1. The van der Waals surface area contributed by atoms with Gasteiger partial charge in [0.1, 0.15) is 12.4 Å². The SMILES string of the molecule is CN(CCOc1ccc(C(F)(F)F)cc1)C(=O)CSCC(=O)O. The van der Waals surface area contributed by atoms with Crippen molar-refractivity contribution in [2.45, 2.75) is 6.18 Å². The zero-order chi connectivity index (χ0) is 17.5. The van der Waals surface area contributed by atoms with Crippen LogP contribution in [0.2, 0.25) is 0 Å². The highest BCUT2D eigenvalue weighted by molar-refractivity contribution is 8.00. The Bertz CT molecular complexity index is 534. The molecular weight excluding hydrogens is 335 g/mol. The number of likely N-dealkylation sites (N-methyl/N-ethyl adjacent to an activating group) is 1. The van der Waals surface area contributed by atoms with E-state index in [4.69, 9.17) is 9.84 Å². The van der Waals surface area contributed by atoms with Gasteiger partial charge in [0.25, 0.3) is 0 Å². The molecule has 0 atom stereocenters. The van der Waals surface area contributed by atoms with Crippen LogP contribution in [-0.4, -0.2) is 53.6 Å². The fourth-order valence-corrected chi connectivity index (χ4v) is 2.17. The predicted molar refractivity (Wildman–Crippen MR) is 79.5 cm³/mol. The number of benzene rings is 1. The van der Waals surface area contributed by atoms with Crippen molar-refractivity contribution in [2.75, 3.05) is 31.7 Å². The van der Waals surface area contributed by atoms with E-state index in [1.54, 1.807) is 7.05 Å². The first-order valence-electron chi connectivity index (χ1n) is 6.53. The summed E-state index contributed by atoms with van der Waals surface area (Å²) >= 11 is 0.993. The summed E-state index contributed by atoms with van der Waals surface area (Å²) in [5, 5.41) is 8.47. The number of hydrogen-bond acceptors (Lipinski definition) is 4. The van der Waals surface area contributed by atoms with Gasteiger partial charge < -0.3 is 14.7 Å². The molecule has 0 fully saturated rings. The van der Waals surface area contributed by atoms with Crippen molar-refractivity contribution in [1.29, 1.82) is 0 Å². The largest absolute Gasteiger partial charge is 0.492 e. The lowest BCUT2D eigenvalue weighted by molar-refractivity contribution is -0.137. The van der Waals surface area contributed by atoms with E-state index in [1.165, 1.54) is 17.0 Å². The van der Waals surface area contributed by atoms with Gasteiger partial charge in [-0.2, -0.15) is 13.2 Å². The van der Waals surface area contributed by atoms with Gasteiger partial charge in [-0.05, 0) is 24.3 Å². The van der Waals surface area contributed by atoms with Crippen LogP contribution in [0.5, 0.6) is 5.75 Å². The highest BCUT2D eigenvalue weighted by Gasteiger charge is 2.30. The Morgan fingerprint density at radius 3 is 2.35 bits per heavy atom. The van der Waals surface area contributed by atoms with E-state index in [-0.39, 0.29) is 36.3 Å². The number of aliphatic carboxylic acids is 1. The molecule has 0 saturated carbocycles. The second kappa shape index (κ2) is 8.66. The minimum Gasteiger partial charge on any atom is -0.492 e. The maximum absolute atomic E-state index is 12.4. The molecule has 1 amide bonds. The van der Waals surface area contributed by atoms with E-state index in [2.05, 4.69) is 0 Å². The second-order valence-electron chi connectivity index (χ2n) is 4.57. The summed E-state index contributed by atoms with van der Waals surface area (Å²) in [5.41, 5.74) is -0.757. The molecule has 0 unspecified atom stereocenters. The summed E-state index contributed by atoms with van der Waals surface area (Å²) in [6.45, 7) is 0.366. The fraction of sp³-hybridized carbons (Fsp3) is 0.429. The Hall–Kier alpha value is -1.90. The molecule has 0 radical (unpaired) electrons. The van der Waals surface area contributed by atoms with Crippen molar-refractivity contribution in [2.24, 2.45) is 0 Å². The first-order chi connectivity index (χ1) is 10.7. The van der Waals surface area contributed by atoms with Crippen LogP contribution in [0.3, 0.4) is 0 Å². The first-order valence-corrected chi connectivity index (χ1v) is 7.69. The van der Waals surface area contributed by atoms with Crippen LogP contribution in [0.25, 0.3) is 0 Å². The van der Waals surface area contributed by atoms with Crippen LogP contribution in [0.15, 0.2) is 24.3 Å². The minimum atomic E-state index is -4.39. The molecule has 1 aromatic rings. The summed E-state index contributed by atoms with van der Waals surface area (Å²) in [6, 6.07) is 4.28. The number of halogens is 3. The number of rotatable bonds is 8. The van der Waals surface area contributed by atoms with Gasteiger partial charge in [-0.15, -0.1) is 11.8 Å². The lowest BCUT2D eigenvalue weighted by atomic mass is 10.2. The van der Waals surface area contributed by atoms with E-state index in [1.807, 2.05) is 0 Å². The molecule has 0 heterocycles. The average Bonchev–Trinajstić information content (AvgIpc) is 2.46. The van der Waals surface area contributed by atoms with Gasteiger partial charge in [0, 0.05) is 7.05 Å². The van der Waals surface area contributed by atoms with Crippen LogP contribution >= 0.6 is 11.8 Å². The highest BCUT2D eigenvalue weighted by Crippen LogP contribution is 2.30. The Kier molecular flexibility index (Phi) is 7.21. The van der Waals surface area contributed by atoms with Crippen molar-refractivity contribution in [3.8, 4) is 5.75 Å². The molecule has 0 saturated heterocycles. The normalized spacial score (nSPS) is 11.1. The summed E-state index contributed by atoms with van der Waals surface area (Å²) in [5.74, 6) is -1.06. The molecule has 0 aliphatic rings. The van der Waals surface area contributed by atoms with Crippen LogP contribution < -0.4 is 4.74 Å². The Labute approximate surface area is 135 Å². The number of carbonyl (C=O) groups is 2. The predicted octanol–water partition coefficient (Wildman–Crippen LogP) is 2.36. The topological polar surface area (TPSA) is 66.8 Å². The zero-order valence-corrected chi connectivity index (χ0v) is 13.1. The second-order valence-corrected chi connectivity index (χ2v) is 5.56. The van der Waals surface area contributed by atoms with Gasteiger partial charge in [0.15, 0.2) is 0 Å². The molecule has 1 aromatic carbocycles. The molecule has 0 spiro atoms. The molecule has 5 nitrogen and oxygen atoms in total. The smallest absolute Gasteiger partial charge is 0.416 e. The lowest BCUT2D eigenvalue weighted by Crippen LogP contribution is -2.32. The molecule has 0 aliphatic carbocycles. The van der Waals surface area contributed by atoms with E-state index in [0.29, 0.717) is 0 Å². The number of carboxylic acids is 1. The summed E-state index contributed by atoms with van der Waals surface area (Å²) in [7, 11) is 1.54. The van der Waals surface area contributed by atoms with Crippen molar-refractivity contribution in [1.82, 2.24) is 4.90 Å².